The van der Waals surface area contributed by atoms with E-state index in [1.165, 1.54) is 6.20 Å². The van der Waals surface area contributed by atoms with E-state index in [1.807, 2.05) is 19.1 Å². The Kier molecular flexibility index (Phi) is 4.20. The van der Waals surface area contributed by atoms with Gasteiger partial charge in [-0.05, 0) is 42.3 Å². The van der Waals surface area contributed by atoms with E-state index < -0.39 is 11.6 Å². The maximum Gasteiger partial charge on any atom is 0.166 e. The van der Waals surface area contributed by atoms with Crippen LogP contribution >= 0.6 is 0 Å². The minimum atomic E-state index is -0.624. The van der Waals surface area contributed by atoms with Crippen LogP contribution in [0.3, 0.4) is 0 Å². The van der Waals surface area contributed by atoms with Crippen molar-refractivity contribution in [1.29, 1.82) is 0 Å². The number of rotatable bonds is 3. The van der Waals surface area contributed by atoms with Gasteiger partial charge in [0.05, 0.1) is 12.4 Å². The van der Waals surface area contributed by atoms with Crippen LogP contribution in [-0.4, -0.2) is 21.7 Å². The molecule has 0 bridgehead atoms. The van der Waals surface area contributed by atoms with E-state index in [2.05, 4.69) is 20.1 Å². The Balaban J connectivity index is 1.60. The molecule has 1 aliphatic heterocycles. The number of anilines is 1. The van der Waals surface area contributed by atoms with E-state index >= 15 is 0 Å². The van der Waals surface area contributed by atoms with Gasteiger partial charge in [-0.2, -0.15) is 5.10 Å². The third-order valence-electron chi connectivity index (χ3n) is 4.33. The smallest absolute Gasteiger partial charge is 0.166 e. The molecule has 4 rings (SSSR count). The third-order valence-corrected chi connectivity index (χ3v) is 4.33. The summed E-state index contributed by atoms with van der Waals surface area (Å²) in [5, 5.41) is 8.18. The van der Waals surface area contributed by atoms with Gasteiger partial charge in [-0.15, -0.1) is 5.10 Å². The molecule has 0 N–H and O–H groups in total. The number of ether oxygens (including phenoxy) is 1. The van der Waals surface area contributed by atoms with E-state index in [4.69, 9.17) is 4.74 Å². The van der Waals surface area contributed by atoms with Crippen molar-refractivity contribution in [2.45, 2.75) is 19.9 Å². The lowest BCUT2D eigenvalue weighted by molar-refractivity contribution is 0.433. The van der Waals surface area contributed by atoms with Crippen LogP contribution in [0.5, 0.6) is 11.5 Å². The number of fused-ring (bicyclic) bond motifs is 1. The summed E-state index contributed by atoms with van der Waals surface area (Å²) in [6.07, 6.45) is 3.96. The molecule has 3 heterocycles. The zero-order valence-electron chi connectivity index (χ0n) is 14.1. The van der Waals surface area contributed by atoms with Crippen LogP contribution in [0, 0.1) is 18.6 Å². The summed E-state index contributed by atoms with van der Waals surface area (Å²) in [4.78, 5) is 6.54. The number of benzene rings is 1. The highest BCUT2D eigenvalue weighted by Crippen LogP contribution is 2.29. The van der Waals surface area contributed by atoms with Gasteiger partial charge in [0, 0.05) is 31.3 Å². The molecule has 132 valence electrons. The molecule has 1 aliphatic rings. The van der Waals surface area contributed by atoms with Crippen molar-refractivity contribution < 1.29 is 13.5 Å². The molecule has 0 saturated heterocycles. The Morgan fingerprint density at radius 1 is 1.15 bits per heavy atom. The molecule has 3 aromatic rings. The average Bonchev–Trinajstić information content (AvgIpc) is 2.64. The first kappa shape index (κ1) is 16.4. The second kappa shape index (κ2) is 6.67. The fraction of sp³-hybridized carbons (Fsp3) is 0.211. The first-order valence-electron chi connectivity index (χ1n) is 8.24. The molecular formula is C19H16F2N4O. The van der Waals surface area contributed by atoms with Crippen molar-refractivity contribution in [3.05, 3.63) is 71.2 Å². The lowest BCUT2D eigenvalue weighted by Crippen LogP contribution is -2.32. The van der Waals surface area contributed by atoms with Crippen LogP contribution in [-0.2, 0) is 13.0 Å². The van der Waals surface area contributed by atoms with Crippen LogP contribution in [0.15, 0.2) is 42.7 Å². The third kappa shape index (κ3) is 3.20. The minimum Gasteiger partial charge on any atom is -0.453 e. The molecule has 5 nitrogen and oxygen atoms in total. The van der Waals surface area contributed by atoms with Crippen LogP contribution < -0.4 is 9.64 Å². The summed E-state index contributed by atoms with van der Waals surface area (Å²) in [7, 11) is 0. The molecule has 0 radical (unpaired) electrons. The number of pyridine rings is 1. The van der Waals surface area contributed by atoms with Crippen molar-refractivity contribution in [1.82, 2.24) is 15.2 Å². The molecule has 0 unspecified atom stereocenters. The standard InChI is InChI=1S/C19H16F2N4O/c1-12-4-6-23-24-19(12)25-7-5-17-13(11-25)8-15(10-22-17)26-18-9-14(20)2-3-16(18)21/h2-4,6,8-10H,5,7,11H2,1H3. The fourth-order valence-electron chi connectivity index (χ4n) is 3.02. The number of nitrogens with zero attached hydrogens (tertiary/aromatic N) is 4. The molecule has 0 atom stereocenters. The van der Waals surface area contributed by atoms with Crippen LogP contribution in [0.1, 0.15) is 16.8 Å². The monoisotopic (exact) mass is 354 g/mol. The second-order valence-electron chi connectivity index (χ2n) is 6.16. The van der Waals surface area contributed by atoms with Gasteiger partial charge in [0.15, 0.2) is 17.4 Å². The van der Waals surface area contributed by atoms with Crippen LogP contribution in [0.4, 0.5) is 14.6 Å². The maximum atomic E-state index is 13.8. The molecular weight excluding hydrogens is 338 g/mol. The van der Waals surface area contributed by atoms with Gasteiger partial charge >= 0.3 is 0 Å². The first-order chi connectivity index (χ1) is 12.6. The molecule has 0 fully saturated rings. The highest BCUT2D eigenvalue weighted by atomic mass is 19.1. The van der Waals surface area contributed by atoms with Gasteiger partial charge < -0.3 is 9.64 Å². The number of aryl methyl sites for hydroxylation is 1. The summed E-state index contributed by atoms with van der Waals surface area (Å²) < 4.78 is 32.6. The minimum absolute atomic E-state index is 0.163. The molecule has 0 aliphatic carbocycles. The van der Waals surface area contributed by atoms with E-state index in [0.717, 1.165) is 53.8 Å². The van der Waals surface area contributed by atoms with Crippen molar-refractivity contribution in [3.63, 3.8) is 0 Å². The maximum absolute atomic E-state index is 13.8. The summed E-state index contributed by atoms with van der Waals surface area (Å²) in [6, 6.07) is 6.83. The summed E-state index contributed by atoms with van der Waals surface area (Å²) in [5.41, 5.74) is 2.98. The Bertz CT molecular complexity index is 964. The zero-order valence-corrected chi connectivity index (χ0v) is 14.1. The number of hydrogen-bond donors (Lipinski definition) is 0. The molecule has 1 aromatic carbocycles. The lowest BCUT2D eigenvalue weighted by Gasteiger charge is -2.29. The van der Waals surface area contributed by atoms with Gasteiger partial charge in [0.1, 0.15) is 11.6 Å². The average molecular weight is 354 g/mol. The predicted molar refractivity (Wildman–Crippen MR) is 92.2 cm³/mol. The van der Waals surface area contributed by atoms with E-state index in [-0.39, 0.29) is 5.75 Å². The second-order valence-corrected chi connectivity index (χ2v) is 6.16. The molecule has 0 saturated carbocycles. The molecule has 26 heavy (non-hydrogen) atoms. The van der Waals surface area contributed by atoms with Gasteiger partial charge in [-0.25, -0.2) is 8.78 Å². The van der Waals surface area contributed by atoms with Crippen molar-refractivity contribution in [3.8, 4) is 11.5 Å². The summed E-state index contributed by atoms with van der Waals surface area (Å²) in [6.45, 7) is 3.38. The first-order valence-corrected chi connectivity index (χ1v) is 8.24. The van der Waals surface area contributed by atoms with Crippen LogP contribution in [0.2, 0.25) is 0 Å². The highest BCUT2D eigenvalue weighted by molar-refractivity contribution is 5.48. The van der Waals surface area contributed by atoms with E-state index in [9.17, 15) is 8.78 Å². The molecule has 0 amide bonds. The van der Waals surface area contributed by atoms with E-state index in [1.54, 1.807) is 6.20 Å². The fourth-order valence-corrected chi connectivity index (χ4v) is 3.02. The van der Waals surface area contributed by atoms with Gasteiger partial charge in [-0.3, -0.25) is 4.98 Å². The topological polar surface area (TPSA) is 51.1 Å². The van der Waals surface area contributed by atoms with Crippen LogP contribution in [0.25, 0.3) is 0 Å². The number of aromatic nitrogens is 3. The van der Waals surface area contributed by atoms with E-state index in [0.29, 0.717) is 12.3 Å². The lowest BCUT2D eigenvalue weighted by atomic mass is 10.1. The molecule has 0 spiro atoms. The number of hydrogen-bond acceptors (Lipinski definition) is 5. The van der Waals surface area contributed by atoms with Crippen molar-refractivity contribution >= 4 is 5.82 Å². The Morgan fingerprint density at radius 2 is 2.04 bits per heavy atom. The number of halogens is 2. The van der Waals surface area contributed by atoms with Crippen molar-refractivity contribution in [2.24, 2.45) is 0 Å². The Labute approximate surface area is 149 Å². The normalized spacial score (nSPS) is 13.4. The zero-order chi connectivity index (χ0) is 18.1. The quantitative estimate of drug-likeness (QED) is 0.716. The largest absolute Gasteiger partial charge is 0.453 e. The molecule has 2 aromatic heterocycles. The highest BCUT2D eigenvalue weighted by Gasteiger charge is 2.21. The summed E-state index contributed by atoms with van der Waals surface area (Å²) >= 11 is 0. The van der Waals surface area contributed by atoms with Gasteiger partial charge in [0.25, 0.3) is 0 Å². The Morgan fingerprint density at radius 3 is 2.88 bits per heavy atom. The SMILES string of the molecule is Cc1ccnnc1N1CCc2ncc(Oc3cc(F)ccc3F)cc2C1. The summed E-state index contributed by atoms with van der Waals surface area (Å²) in [5.74, 6) is -0.145. The predicted octanol–water partition coefficient (Wildman–Crippen LogP) is 3.81. The van der Waals surface area contributed by atoms with Gasteiger partial charge in [0.2, 0.25) is 0 Å². The molecule has 7 heteroatoms. The van der Waals surface area contributed by atoms with Crippen molar-refractivity contribution in [2.75, 3.05) is 11.4 Å². The van der Waals surface area contributed by atoms with Gasteiger partial charge in [-0.1, -0.05) is 0 Å². The Hall–Kier alpha value is -3.09.